The van der Waals surface area contributed by atoms with Crippen molar-refractivity contribution in [2.24, 2.45) is 5.73 Å². The smallest absolute Gasteiger partial charge is 0.243 e. The van der Waals surface area contributed by atoms with Gasteiger partial charge in [-0.2, -0.15) is 0 Å². The van der Waals surface area contributed by atoms with Gasteiger partial charge < -0.3 is 11.1 Å². The van der Waals surface area contributed by atoms with E-state index < -0.39 is 0 Å². The van der Waals surface area contributed by atoms with Crippen molar-refractivity contribution in [3.05, 3.63) is 12.2 Å². The average molecular weight is 128 g/mol. The highest BCUT2D eigenvalue weighted by Crippen LogP contribution is 1.69. The van der Waals surface area contributed by atoms with Gasteiger partial charge in [0.2, 0.25) is 5.91 Å². The molecule has 52 valence electrons. The molecule has 0 aliphatic heterocycles. The Morgan fingerprint density at radius 3 is 2.89 bits per heavy atom. The number of amides is 1. The Kier molecular flexibility index (Phi) is 4.82. The van der Waals surface area contributed by atoms with Crippen LogP contribution < -0.4 is 11.1 Å². The monoisotopic (exact) mass is 128 g/mol. The fourth-order valence-electron chi connectivity index (χ4n) is 0.408. The van der Waals surface area contributed by atoms with Gasteiger partial charge in [0.25, 0.3) is 0 Å². The minimum absolute atomic E-state index is 0.0806. The van der Waals surface area contributed by atoms with Crippen LogP contribution in [-0.2, 0) is 4.79 Å². The first-order valence-electron chi connectivity index (χ1n) is 2.95. The molecule has 0 bridgehead atoms. The fourth-order valence-corrected chi connectivity index (χ4v) is 0.408. The lowest BCUT2D eigenvalue weighted by molar-refractivity contribution is -0.116. The maximum Gasteiger partial charge on any atom is 0.243 e. The number of nitrogens with two attached hydrogens (primary N) is 1. The molecule has 0 aromatic carbocycles. The van der Waals surface area contributed by atoms with Gasteiger partial charge in [-0.15, -0.1) is 0 Å². The highest BCUT2D eigenvalue weighted by molar-refractivity contribution is 5.87. The zero-order valence-corrected chi connectivity index (χ0v) is 5.55. The lowest BCUT2D eigenvalue weighted by Crippen LogP contribution is -2.20. The molecule has 0 heterocycles. The molecule has 0 saturated carbocycles. The van der Waals surface area contributed by atoms with Crippen molar-refractivity contribution >= 4 is 5.91 Å². The van der Waals surface area contributed by atoms with E-state index in [0.717, 1.165) is 0 Å². The second kappa shape index (κ2) is 5.31. The van der Waals surface area contributed by atoms with E-state index >= 15 is 0 Å². The minimum atomic E-state index is -0.0806. The summed E-state index contributed by atoms with van der Waals surface area (Å²) in [5.74, 6) is -0.0806. The lowest BCUT2D eigenvalue weighted by atomic mass is 10.4. The Labute approximate surface area is 54.9 Å². The molecule has 3 nitrogen and oxygen atoms in total. The first-order chi connectivity index (χ1) is 4.31. The Morgan fingerprint density at radius 2 is 2.44 bits per heavy atom. The van der Waals surface area contributed by atoms with Gasteiger partial charge in [-0.3, -0.25) is 4.79 Å². The number of hydrogen-bond acceptors (Lipinski definition) is 2. The van der Waals surface area contributed by atoms with Crippen molar-refractivity contribution in [1.29, 1.82) is 0 Å². The summed E-state index contributed by atoms with van der Waals surface area (Å²) in [7, 11) is 0. The van der Waals surface area contributed by atoms with Crippen LogP contribution in [0.3, 0.4) is 0 Å². The van der Waals surface area contributed by atoms with Crippen LogP contribution >= 0.6 is 0 Å². The number of carbonyl (C=O) groups excluding carboxylic acids is 1. The van der Waals surface area contributed by atoms with E-state index in [9.17, 15) is 4.79 Å². The number of carbonyl (C=O) groups is 1. The van der Waals surface area contributed by atoms with Crippen molar-refractivity contribution in [1.82, 2.24) is 5.32 Å². The van der Waals surface area contributed by atoms with E-state index in [1.165, 1.54) is 6.08 Å². The zero-order chi connectivity index (χ0) is 7.11. The fraction of sp³-hybridized carbons (Fsp3) is 0.500. The summed E-state index contributed by atoms with van der Waals surface area (Å²) in [6.07, 6.45) is 3.05. The number of rotatable bonds is 3. The maximum absolute atomic E-state index is 10.5. The number of nitrogens with one attached hydrogen (secondary N) is 1. The van der Waals surface area contributed by atoms with Gasteiger partial charge in [-0.1, -0.05) is 6.08 Å². The molecular weight excluding hydrogens is 116 g/mol. The van der Waals surface area contributed by atoms with Gasteiger partial charge in [-0.05, 0) is 6.92 Å². The summed E-state index contributed by atoms with van der Waals surface area (Å²) in [4.78, 5) is 10.5. The molecule has 3 N–H and O–H groups in total. The molecule has 0 spiro atoms. The highest BCUT2D eigenvalue weighted by atomic mass is 16.1. The van der Waals surface area contributed by atoms with Crippen LogP contribution in [0.2, 0.25) is 0 Å². The predicted molar refractivity (Wildman–Crippen MR) is 36.9 cm³/mol. The van der Waals surface area contributed by atoms with Crippen LogP contribution in [-0.4, -0.2) is 19.0 Å². The third-order valence-corrected chi connectivity index (χ3v) is 0.756. The van der Waals surface area contributed by atoms with Crippen molar-refractivity contribution in [3.63, 3.8) is 0 Å². The quantitative estimate of drug-likeness (QED) is 0.510. The summed E-state index contributed by atoms with van der Waals surface area (Å²) in [6, 6.07) is 0. The van der Waals surface area contributed by atoms with E-state index in [1.54, 1.807) is 6.08 Å². The van der Waals surface area contributed by atoms with E-state index in [0.29, 0.717) is 13.1 Å². The third-order valence-electron chi connectivity index (χ3n) is 0.756. The normalized spacial score (nSPS) is 10.0. The van der Waals surface area contributed by atoms with E-state index in [2.05, 4.69) is 5.32 Å². The predicted octanol–water partition coefficient (Wildman–Crippen LogP) is -0.363. The molecular formula is C6H12N2O. The van der Waals surface area contributed by atoms with Gasteiger partial charge >= 0.3 is 0 Å². The molecule has 0 atom stereocenters. The second-order valence-electron chi connectivity index (χ2n) is 1.53. The molecule has 1 amide bonds. The van der Waals surface area contributed by atoms with Crippen molar-refractivity contribution < 1.29 is 4.79 Å². The summed E-state index contributed by atoms with van der Waals surface area (Å²) < 4.78 is 0. The average Bonchev–Trinajstić information content (AvgIpc) is 1.85. The van der Waals surface area contributed by atoms with Gasteiger partial charge in [0.05, 0.1) is 0 Å². The van der Waals surface area contributed by atoms with Crippen LogP contribution in [0.25, 0.3) is 0 Å². The topological polar surface area (TPSA) is 55.1 Å². The summed E-state index contributed by atoms with van der Waals surface area (Å²) in [6.45, 7) is 2.94. The molecule has 0 aliphatic rings. The Bertz CT molecular complexity index is 110. The molecule has 3 heteroatoms. The standard InChI is InChI=1S/C6H12N2O/c1-2-8-6(9)4-3-5-7/h3-4H,2,5,7H2,1H3,(H,8,9)/b4-3+. The summed E-state index contributed by atoms with van der Waals surface area (Å²) in [5.41, 5.74) is 5.11. The molecule has 9 heavy (non-hydrogen) atoms. The Balaban J connectivity index is 3.37. The first kappa shape index (κ1) is 8.17. The molecule has 0 aliphatic carbocycles. The van der Waals surface area contributed by atoms with Crippen LogP contribution in [0.15, 0.2) is 12.2 Å². The number of hydrogen-bond donors (Lipinski definition) is 2. The van der Waals surface area contributed by atoms with Gasteiger partial charge in [0, 0.05) is 19.2 Å². The molecule has 0 rings (SSSR count). The van der Waals surface area contributed by atoms with Crippen LogP contribution in [0.5, 0.6) is 0 Å². The Hall–Kier alpha value is -0.830. The van der Waals surface area contributed by atoms with Crippen molar-refractivity contribution in [3.8, 4) is 0 Å². The Morgan fingerprint density at radius 1 is 1.78 bits per heavy atom. The zero-order valence-electron chi connectivity index (χ0n) is 5.55. The summed E-state index contributed by atoms with van der Waals surface area (Å²) >= 11 is 0. The van der Waals surface area contributed by atoms with Crippen LogP contribution in [0, 0.1) is 0 Å². The lowest BCUT2D eigenvalue weighted by Gasteiger charge is -1.92. The molecule has 0 fully saturated rings. The minimum Gasteiger partial charge on any atom is -0.353 e. The summed E-state index contributed by atoms with van der Waals surface area (Å²) in [5, 5.41) is 2.60. The van der Waals surface area contributed by atoms with Crippen LogP contribution in [0.1, 0.15) is 6.92 Å². The molecule has 0 aromatic heterocycles. The van der Waals surface area contributed by atoms with Crippen LogP contribution in [0.4, 0.5) is 0 Å². The van der Waals surface area contributed by atoms with E-state index in [4.69, 9.17) is 5.73 Å². The molecule has 0 aromatic rings. The van der Waals surface area contributed by atoms with Gasteiger partial charge in [0.1, 0.15) is 0 Å². The van der Waals surface area contributed by atoms with Gasteiger partial charge in [-0.25, -0.2) is 0 Å². The molecule has 0 radical (unpaired) electrons. The SMILES string of the molecule is CCNC(=O)/C=C/CN. The first-order valence-corrected chi connectivity index (χ1v) is 2.95. The highest BCUT2D eigenvalue weighted by Gasteiger charge is 1.86. The van der Waals surface area contributed by atoms with Gasteiger partial charge in [0.15, 0.2) is 0 Å². The van der Waals surface area contributed by atoms with Crippen molar-refractivity contribution in [2.75, 3.05) is 13.1 Å². The van der Waals surface area contributed by atoms with Crippen molar-refractivity contribution in [2.45, 2.75) is 6.92 Å². The number of likely N-dealkylation sites (N-methyl/N-ethyl adjacent to an activating group) is 1. The molecule has 0 unspecified atom stereocenters. The second-order valence-corrected chi connectivity index (χ2v) is 1.53. The largest absolute Gasteiger partial charge is 0.353 e. The third kappa shape index (κ3) is 5.03. The van der Waals surface area contributed by atoms with E-state index in [1.807, 2.05) is 6.92 Å². The molecule has 0 saturated heterocycles. The van der Waals surface area contributed by atoms with E-state index in [-0.39, 0.29) is 5.91 Å². The maximum atomic E-state index is 10.5.